The van der Waals surface area contributed by atoms with Crippen LogP contribution >= 0.6 is 15.9 Å². The zero-order valence-corrected chi connectivity index (χ0v) is 11.3. The van der Waals surface area contributed by atoms with E-state index in [1.54, 1.807) is 7.11 Å². The van der Waals surface area contributed by atoms with Gasteiger partial charge >= 0.3 is 0 Å². The highest BCUT2D eigenvalue weighted by atomic mass is 79.9. The van der Waals surface area contributed by atoms with Crippen LogP contribution in [-0.4, -0.2) is 18.3 Å². The Kier molecular flexibility index (Phi) is 3.27. The lowest BCUT2D eigenvalue weighted by molar-refractivity contribution is 0.110. The van der Waals surface area contributed by atoms with Gasteiger partial charge in [0.15, 0.2) is 0 Å². The van der Waals surface area contributed by atoms with Crippen molar-refractivity contribution in [2.45, 2.75) is 32.3 Å². The molecule has 0 saturated heterocycles. The van der Waals surface area contributed by atoms with Gasteiger partial charge in [0, 0.05) is 9.89 Å². The Morgan fingerprint density at radius 3 is 2.69 bits per heavy atom. The summed E-state index contributed by atoms with van der Waals surface area (Å²) in [4.78, 5) is 0. The second kappa shape index (κ2) is 4.38. The van der Waals surface area contributed by atoms with E-state index in [1.165, 1.54) is 5.56 Å². The summed E-state index contributed by atoms with van der Waals surface area (Å²) in [7, 11) is 1.69. The Morgan fingerprint density at radius 2 is 2.19 bits per heavy atom. The fourth-order valence-corrected chi connectivity index (χ4v) is 2.58. The van der Waals surface area contributed by atoms with Gasteiger partial charge in [-0.3, -0.25) is 0 Å². The molecule has 0 heterocycles. The maximum atomic E-state index is 9.78. The molecule has 88 valence electrons. The first-order valence-corrected chi connectivity index (χ1v) is 6.37. The molecule has 1 aliphatic carbocycles. The minimum Gasteiger partial charge on any atom is -0.496 e. The van der Waals surface area contributed by atoms with E-state index in [9.17, 15) is 5.11 Å². The van der Waals surface area contributed by atoms with Gasteiger partial charge in [0.05, 0.1) is 13.2 Å². The summed E-state index contributed by atoms with van der Waals surface area (Å²) in [5.74, 6) is 0.912. The Morgan fingerprint density at radius 1 is 1.50 bits per heavy atom. The monoisotopic (exact) mass is 284 g/mol. The number of aliphatic hydroxyl groups excluding tert-OH is 1. The van der Waals surface area contributed by atoms with Crippen molar-refractivity contribution in [3.63, 3.8) is 0 Å². The van der Waals surface area contributed by atoms with E-state index in [0.29, 0.717) is 0 Å². The van der Waals surface area contributed by atoms with Gasteiger partial charge in [-0.05, 0) is 49.9 Å². The molecule has 1 fully saturated rings. The van der Waals surface area contributed by atoms with Crippen LogP contribution in [0, 0.1) is 5.41 Å². The number of rotatable bonds is 4. The van der Waals surface area contributed by atoms with Gasteiger partial charge in [-0.2, -0.15) is 0 Å². The fourth-order valence-electron chi connectivity index (χ4n) is 2.17. The maximum Gasteiger partial charge on any atom is 0.122 e. The van der Waals surface area contributed by atoms with Gasteiger partial charge in [-0.1, -0.05) is 15.9 Å². The van der Waals surface area contributed by atoms with Crippen LogP contribution in [0.3, 0.4) is 0 Å². The van der Waals surface area contributed by atoms with Crippen LogP contribution in [0.5, 0.6) is 5.75 Å². The molecule has 16 heavy (non-hydrogen) atoms. The molecule has 0 aromatic heterocycles. The largest absolute Gasteiger partial charge is 0.496 e. The number of ether oxygens (including phenoxy) is 1. The molecule has 1 aromatic carbocycles. The fraction of sp³-hybridized carbons (Fsp3) is 0.538. The molecular formula is C13H17BrO2. The molecule has 2 rings (SSSR count). The van der Waals surface area contributed by atoms with E-state index in [-0.39, 0.29) is 11.5 Å². The van der Waals surface area contributed by atoms with Gasteiger partial charge in [0.25, 0.3) is 0 Å². The molecule has 0 amide bonds. The minimum absolute atomic E-state index is 0.0913. The van der Waals surface area contributed by atoms with Crippen molar-refractivity contribution in [3.8, 4) is 5.75 Å². The highest BCUT2D eigenvalue weighted by molar-refractivity contribution is 9.10. The topological polar surface area (TPSA) is 29.5 Å². The van der Waals surface area contributed by atoms with E-state index in [1.807, 2.05) is 19.1 Å². The van der Waals surface area contributed by atoms with E-state index in [0.717, 1.165) is 29.5 Å². The molecule has 1 unspecified atom stereocenters. The summed E-state index contributed by atoms with van der Waals surface area (Å²) in [6.07, 6.45) is 2.88. The number of methoxy groups -OCH3 is 1. The minimum atomic E-state index is -0.240. The maximum absolute atomic E-state index is 9.78. The molecule has 0 spiro atoms. The van der Waals surface area contributed by atoms with Crippen molar-refractivity contribution in [2.75, 3.05) is 7.11 Å². The number of hydrogen-bond acceptors (Lipinski definition) is 2. The first-order chi connectivity index (χ1) is 7.57. The Bertz CT molecular complexity index is 384. The summed E-state index contributed by atoms with van der Waals surface area (Å²) in [5.41, 5.74) is 1.27. The Hall–Kier alpha value is -0.540. The first kappa shape index (κ1) is 11.9. The second-order valence-corrected chi connectivity index (χ2v) is 5.59. The number of hydrogen-bond donors (Lipinski definition) is 1. The quantitative estimate of drug-likeness (QED) is 0.920. The standard InChI is InChI=1S/C13H17BrO2/c1-9(15)13(5-6-13)8-10-7-11(14)3-4-12(10)16-2/h3-4,7,9,15H,5-6,8H2,1-2H3. The summed E-state index contributed by atoms with van der Waals surface area (Å²) >= 11 is 3.47. The van der Waals surface area contributed by atoms with E-state index in [2.05, 4.69) is 22.0 Å². The van der Waals surface area contributed by atoms with Crippen molar-refractivity contribution in [1.29, 1.82) is 0 Å². The molecule has 1 aromatic rings. The van der Waals surface area contributed by atoms with Crippen molar-refractivity contribution in [1.82, 2.24) is 0 Å². The molecular weight excluding hydrogens is 268 g/mol. The third-order valence-electron chi connectivity index (χ3n) is 3.56. The van der Waals surface area contributed by atoms with Crippen LogP contribution in [0.25, 0.3) is 0 Å². The van der Waals surface area contributed by atoms with E-state index in [4.69, 9.17) is 4.74 Å². The molecule has 1 aliphatic rings. The molecule has 0 aliphatic heterocycles. The lowest BCUT2D eigenvalue weighted by Crippen LogP contribution is -2.20. The van der Waals surface area contributed by atoms with Crippen LogP contribution in [0.15, 0.2) is 22.7 Å². The van der Waals surface area contributed by atoms with Crippen molar-refractivity contribution < 1.29 is 9.84 Å². The number of halogens is 1. The summed E-state index contributed by atoms with van der Waals surface area (Å²) in [6.45, 7) is 1.89. The van der Waals surface area contributed by atoms with E-state index < -0.39 is 0 Å². The van der Waals surface area contributed by atoms with Crippen LogP contribution in [0.1, 0.15) is 25.3 Å². The SMILES string of the molecule is COc1ccc(Br)cc1CC1(C(C)O)CC1. The van der Waals surface area contributed by atoms with Gasteiger partial charge < -0.3 is 9.84 Å². The third kappa shape index (κ3) is 2.25. The molecule has 1 saturated carbocycles. The predicted octanol–water partition coefficient (Wildman–Crippen LogP) is 3.16. The predicted molar refractivity (Wildman–Crippen MR) is 67.7 cm³/mol. The van der Waals surface area contributed by atoms with Gasteiger partial charge in [0.2, 0.25) is 0 Å². The Labute approximate surface area is 105 Å². The third-order valence-corrected chi connectivity index (χ3v) is 4.06. The average molecular weight is 285 g/mol. The lowest BCUT2D eigenvalue weighted by atomic mass is 9.91. The molecule has 3 heteroatoms. The van der Waals surface area contributed by atoms with Crippen LogP contribution in [-0.2, 0) is 6.42 Å². The van der Waals surface area contributed by atoms with Crippen molar-refractivity contribution >= 4 is 15.9 Å². The van der Waals surface area contributed by atoms with Gasteiger partial charge in [-0.25, -0.2) is 0 Å². The van der Waals surface area contributed by atoms with Gasteiger partial charge in [-0.15, -0.1) is 0 Å². The number of aliphatic hydroxyl groups is 1. The van der Waals surface area contributed by atoms with Crippen LogP contribution in [0.2, 0.25) is 0 Å². The first-order valence-electron chi connectivity index (χ1n) is 5.58. The molecule has 2 nitrogen and oxygen atoms in total. The highest BCUT2D eigenvalue weighted by Crippen LogP contribution is 2.52. The molecule has 0 bridgehead atoms. The van der Waals surface area contributed by atoms with Crippen molar-refractivity contribution in [3.05, 3.63) is 28.2 Å². The Balaban J connectivity index is 2.23. The molecule has 1 N–H and O–H groups in total. The molecule has 0 radical (unpaired) electrons. The van der Waals surface area contributed by atoms with Crippen LogP contribution in [0.4, 0.5) is 0 Å². The number of benzene rings is 1. The molecule has 1 atom stereocenters. The summed E-state index contributed by atoms with van der Waals surface area (Å²) < 4.78 is 6.41. The lowest BCUT2D eigenvalue weighted by Gasteiger charge is -2.20. The normalized spacial score (nSPS) is 19.2. The highest BCUT2D eigenvalue weighted by Gasteiger charge is 2.47. The second-order valence-electron chi connectivity index (χ2n) is 4.67. The average Bonchev–Trinajstić information content (AvgIpc) is 2.99. The summed E-state index contributed by atoms with van der Waals surface area (Å²) in [5, 5.41) is 9.78. The smallest absolute Gasteiger partial charge is 0.122 e. The zero-order chi connectivity index (χ0) is 11.8. The van der Waals surface area contributed by atoms with Gasteiger partial charge in [0.1, 0.15) is 5.75 Å². The van der Waals surface area contributed by atoms with Crippen LogP contribution < -0.4 is 4.74 Å². The van der Waals surface area contributed by atoms with Crippen molar-refractivity contribution in [2.24, 2.45) is 5.41 Å². The van der Waals surface area contributed by atoms with E-state index >= 15 is 0 Å². The summed E-state index contributed by atoms with van der Waals surface area (Å²) in [6, 6.07) is 6.03. The zero-order valence-electron chi connectivity index (χ0n) is 9.66.